The summed E-state index contributed by atoms with van der Waals surface area (Å²) in [5.74, 6) is 0. The van der Waals surface area contributed by atoms with Crippen molar-refractivity contribution < 1.29 is 44.0 Å². The summed E-state index contributed by atoms with van der Waals surface area (Å²) in [6.45, 7) is 0.145. The number of aliphatic hydroxyl groups excluding tert-OH is 1. The minimum absolute atomic E-state index is 0.0194. The zero-order valence-electron chi connectivity index (χ0n) is 19.0. The van der Waals surface area contributed by atoms with Crippen molar-refractivity contribution in [2.75, 3.05) is 11.9 Å². The SMILES string of the molecule is FS(F)(F)(F)(F)/C=C/CCCCCCCCBr.OCCCCCCCC/C=C/S(F)(F)(F)(F)F. The second kappa shape index (κ2) is 13.5. The van der Waals surface area contributed by atoms with Crippen LogP contribution in [0.3, 0.4) is 0 Å². The lowest BCUT2D eigenvalue weighted by Gasteiger charge is -2.36. The fourth-order valence-corrected chi connectivity index (χ4v) is 4.04. The van der Waals surface area contributed by atoms with Gasteiger partial charge in [-0.25, -0.2) is 0 Å². The molecule has 0 bridgehead atoms. The third-order valence-electron chi connectivity index (χ3n) is 4.24. The predicted molar refractivity (Wildman–Crippen MR) is 130 cm³/mol. The first-order valence-corrected chi connectivity index (χ1v) is 16.2. The Morgan fingerprint density at radius 3 is 1.06 bits per heavy atom. The first-order valence-electron chi connectivity index (χ1n) is 11.1. The van der Waals surface area contributed by atoms with Crippen molar-refractivity contribution in [3.05, 3.63) is 23.0 Å². The summed E-state index contributed by atoms with van der Waals surface area (Å²) in [6.07, 6.45) is 11.2. The van der Waals surface area contributed by atoms with Gasteiger partial charge in [0.05, 0.1) is 10.8 Å². The maximum atomic E-state index is 11.8. The molecule has 0 saturated heterocycles. The van der Waals surface area contributed by atoms with Crippen molar-refractivity contribution in [1.82, 2.24) is 0 Å². The monoisotopic (exact) mass is 626 g/mol. The molecule has 0 aliphatic carbocycles. The standard InChI is InChI=1S/C10H18BrF5S.C10H19F5OS/c11-9-7-5-3-1-2-4-6-8-10-17(12,13,14,15)16;11-17(12,13,14,15)10-8-6-4-2-1-3-5-7-9-16/h8,10H,1-7,9H2;8,10,16H,1-7,9H2/b2*10-8+. The summed E-state index contributed by atoms with van der Waals surface area (Å²) in [5, 5.41) is 7.73. The molecule has 0 aliphatic heterocycles. The molecule has 0 rings (SSSR count). The van der Waals surface area contributed by atoms with E-state index < -0.39 is 31.3 Å². The molecule has 34 heavy (non-hydrogen) atoms. The molecule has 0 unspecified atom stereocenters. The molecule has 0 spiro atoms. The smallest absolute Gasteiger partial charge is 0.304 e. The van der Waals surface area contributed by atoms with Crippen LogP contribution in [0, 0.1) is 0 Å². The predicted octanol–water partition coefficient (Wildman–Crippen LogP) is 12.4. The van der Waals surface area contributed by atoms with E-state index in [4.69, 9.17) is 5.11 Å². The van der Waals surface area contributed by atoms with Crippen molar-refractivity contribution >= 4 is 36.4 Å². The molecular formula is C20H37BrF10OS2. The van der Waals surface area contributed by atoms with Gasteiger partial charge in [-0.2, -0.15) is 0 Å². The number of hydrogen-bond donors (Lipinski definition) is 1. The summed E-state index contributed by atoms with van der Waals surface area (Å²) >= 11 is 3.30. The van der Waals surface area contributed by atoms with Gasteiger partial charge >= 0.3 is 20.4 Å². The van der Waals surface area contributed by atoms with Gasteiger partial charge in [0, 0.05) is 11.9 Å². The largest absolute Gasteiger partial charge is 0.396 e. The highest BCUT2D eigenvalue weighted by Gasteiger charge is 2.61. The van der Waals surface area contributed by atoms with E-state index >= 15 is 0 Å². The van der Waals surface area contributed by atoms with Crippen LogP contribution in [0.25, 0.3) is 0 Å². The Morgan fingerprint density at radius 2 is 0.765 bits per heavy atom. The fraction of sp³-hybridized carbons (Fsp3) is 0.800. The molecule has 0 aromatic heterocycles. The maximum Gasteiger partial charge on any atom is 0.304 e. The minimum Gasteiger partial charge on any atom is -0.396 e. The molecule has 14 heteroatoms. The van der Waals surface area contributed by atoms with E-state index in [9.17, 15) is 38.9 Å². The van der Waals surface area contributed by atoms with E-state index in [1.54, 1.807) is 0 Å². The maximum absolute atomic E-state index is 11.8. The van der Waals surface area contributed by atoms with Crippen LogP contribution in [-0.2, 0) is 0 Å². The average molecular weight is 628 g/mol. The Kier molecular flexibility index (Phi) is 14.3. The van der Waals surface area contributed by atoms with E-state index in [2.05, 4.69) is 15.9 Å². The molecule has 212 valence electrons. The van der Waals surface area contributed by atoms with Crippen LogP contribution < -0.4 is 0 Å². The lowest BCUT2D eigenvalue weighted by atomic mass is 10.1. The molecule has 0 atom stereocenters. The van der Waals surface area contributed by atoms with Crippen molar-refractivity contribution in [1.29, 1.82) is 0 Å². The van der Waals surface area contributed by atoms with E-state index in [0.717, 1.165) is 69.5 Å². The van der Waals surface area contributed by atoms with Crippen molar-refractivity contribution in [3.8, 4) is 0 Å². The Balaban J connectivity index is 0. The van der Waals surface area contributed by atoms with Crippen LogP contribution in [0.4, 0.5) is 38.9 Å². The number of aliphatic hydroxyl groups is 1. The fourth-order valence-electron chi connectivity index (χ4n) is 2.64. The molecule has 0 aliphatic rings. The van der Waals surface area contributed by atoms with E-state index in [0.29, 0.717) is 25.0 Å². The second-order valence-corrected chi connectivity index (χ2v) is 13.5. The van der Waals surface area contributed by atoms with E-state index in [-0.39, 0.29) is 19.4 Å². The van der Waals surface area contributed by atoms with Crippen LogP contribution in [0.5, 0.6) is 0 Å². The van der Waals surface area contributed by atoms with Crippen molar-refractivity contribution in [2.45, 2.75) is 89.9 Å². The average Bonchev–Trinajstić information content (AvgIpc) is 2.62. The Bertz CT molecular complexity index is 548. The Labute approximate surface area is 205 Å². The summed E-state index contributed by atoms with van der Waals surface area (Å²) < 4.78 is 118. The number of unbranched alkanes of at least 4 members (excludes halogenated alkanes) is 12. The number of hydrogen-bond acceptors (Lipinski definition) is 1. The third-order valence-corrected chi connectivity index (χ3v) is 6.21. The number of halogens is 11. The van der Waals surface area contributed by atoms with Crippen LogP contribution in [0.2, 0.25) is 0 Å². The van der Waals surface area contributed by atoms with Crippen molar-refractivity contribution in [2.24, 2.45) is 0 Å². The molecule has 0 amide bonds. The number of allylic oxidation sites excluding steroid dienone is 2. The van der Waals surface area contributed by atoms with Gasteiger partial charge in [0.25, 0.3) is 0 Å². The van der Waals surface area contributed by atoms with Crippen molar-refractivity contribution in [3.63, 3.8) is 0 Å². The molecule has 0 aromatic carbocycles. The summed E-state index contributed by atoms with van der Waals surface area (Å²) in [7, 11) is -18.7. The van der Waals surface area contributed by atoms with Crippen LogP contribution in [0.1, 0.15) is 89.9 Å². The first kappa shape index (κ1) is 36.1. The topological polar surface area (TPSA) is 20.2 Å². The second-order valence-electron chi connectivity index (χ2n) is 8.03. The minimum atomic E-state index is -9.34. The summed E-state index contributed by atoms with van der Waals surface area (Å²) in [4.78, 5) is 0. The first-order chi connectivity index (χ1) is 15.1. The quantitative estimate of drug-likeness (QED) is 0.0911. The molecular weight excluding hydrogens is 590 g/mol. The van der Waals surface area contributed by atoms with Crippen LogP contribution in [-0.4, -0.2) is 17.0 Å². The van der Waals surface area contributed by atoms with Gasteiger partial charge in [-0.1, -0.05) is 118 Å². The van der Waals surface area contributed by atoms with Gasteiger partial charge in [0.1, 0.15) is 0 Å². The lowest BCUT2D eigenvalue weighted by molar-refractivity contribution is 0.282. The van der Waals surface area contributed by atoms with Crippen LogP contribution in [0.15, 0.2) is 23.0 Å². The summed E-state index contributed by atoms with van der Waals surface area (Å²) in [6, 6.07) is 0. The Morgan fingerprint density at radius 1 is 0.471 bits per heavy atom. The lowest BCUT2D eigenvalue weighted by Crippen LogP contribution is -1.98. The van der Waals surface area contributed by atoms with E-state index in [1.807, 2.05) is 0 Å². The van der Waals surface area contributed by atoms with Crippen LogP contribution >= 0.6 is 36.4 Å². The Hall–Kier alpha value is -0.0800. The number of rotatable bonds is 18. The van der Waals surface area contributed by atoms with Gasteiger partial charge in [-0.15, -0.1) is 0 Å². The van der Waals surface area contributed by atoms with Gasteiger partial charge < -0.3 is 5.11 Å². The summed E-state index contributed by atoms with van der Waals surface area (Å²) in [5.41, 5.74) is 0. The molecule has 1 N–H and O–H groups in total. The highest BCUT2D eigenvalue weighted by molar-refractivity contribution is 9.09. The molecule has 0 fully saturated rings. The zero-order chi connectivity index (χ0) is 27.0. The third kappa shape index (κ3) is 39.1. The highest BCUT2D eigenvalue weighted by Crippen LogP contribution is 2.99. The van der Waals surface area contributed by atoms with Gasteiger partial charge in [0.2, 0.25) is 0 Å². The molecule has 0 radical (unpaired) electrons. The normalized spacial score (nSPS) is 17.1. The van der Waals surface area contributed by atoms with Gasteiger partial charge in [-0.05, 0) is 38.5 Å². The molecule has 1 nitrogen and oxygen atoms in total. The molecule has 0 heterocycles. The molecule has 0 saturated carbocycles. The van der Waals surface area contributed by atoms with E-state index in [1.165, 1.54) is 0 Å². The van der Waals surface area contributed by atoms with Gasteiger partial charge in [0.15, 0.2) is 0 Å². The molecule has 0 aromatic rings. The zero-order valence-corrected chi connectivity index (χ0v) is 22.3. The number of alkyl halides is 1. The van der Waals surface area contributed by atoms with Gasteiger partial charge in [-0.3, -0.25) is 0 Å². The highest BCUT2D eigenvalue weighted by atomic mass is 79.9.